The molecule has 0 saturated carbocycles. The summed E-state index contributed by atoms with van der Waals surface area (Å²) < 4.78 is 16.3. The highest BCUT2D eigenvalue weighted by Crippen LogP contribution is 2.28. The summed E-state index contributed by atoms with van der Waals surface area (Å²) >= 11 is 0. The Morgan fingerprint density at radius 3 is 2.64 bits per heavy atom. The fourth-order valence-electron chi connectivity index (χ4n) is 2.87. The van der Waals surface area contributed by atoms with Crippen LogP contribution in [0.25, 0.3) is 0 Å². The molecule has 1 amide bonds. The van der Waals surface area contributed by atoms with E-state index in [9.17, 15) is 4.79 Å². The lowest BCUT2D eigenvalue weighted by Gasteiger charge is -2.32. The average Bonchev–Trinajstić information content (AvgIpc) is 2.68. The fourth-order valence-corrected chi connectivity index (χ4v) is 2.87. The molecule has 0 bridgehead atoms. The second-order valence-corrected chi connectivity index (χ2v) is 5.73. The molecule has 132 valence electrons. The van der Waals surface area contributed by atoms with Gasteiger partial charge in [-0.15, -0.1) is 0 Å². The van der Waals surface area contributed by atoms with Crippen LogP contribution in [0, 0.1) is 0 Å². The summed E-state index contributed by atoms with van der Waals surface area (Å²) in [7, 11) is 3.12. The Bertz CT molecular complexity index is 724. The Morgan fingerprint density at radius 2 is 1.92 bits per heavy atom. The van der Waals surface area contributed by atoms with Crippen LogP contribution in [0.2, 0.25) is 0 Å². The number of hydrogen-bond acceptors (Lipinski definition) is 6. The molecule has 1 aliphatic heterocycles. The van der Waals surface area contributed by atoms with E-state index in [-0.39, 0.29) is 12.0 Å². The molecule has 7 nitrogen and oxygen atoms in total. The van der Waals surface area contributed by atoms with Gasteiger partial charge in [0.2, 0.25) is 0 Å². The highest BCUT2D eigenvalue weighted by atomic mass is 16.5. The van der Waals surface area contributed by atoms with E-state index in [2.05, 4.69) is 9.97 Å². The summed E-state index contributed by atoms with van der Waals surface area (Å²) in [4.78, 5) is 22.7. The minimum absolute atomic E-state index is 0.0526. The number of methoxy groups -OCH3 is 2. The predicted molar refractivity (Wildman–Crippen MR) is 91.1 cm³/mol. The van der Waals surface area contributed by atoms with Crippen LogP contribution in [0.1, 0.15) is 23.2 Å². The molecular weight excluding hydrogens is 322 g/mol. The molecule has 1 fully saturated rings. The Kier molecular flexibility index (Phi) is 5.33. The Balaban J connectivity index is 1.69. The number of piperidine rings is 1. The van der Waals surface area contributed by atoms with Crippen molar-refractivity contribution in [3.05, 3.63) is 42.2 Å². The van der Waals surface area contributed by atoms with Gasteiger partial charge in [0, 0.05) is 24.5 Å². The van der Waals surface area contributed by atoms with Crippen molar-refractivity contribution in [1.82, 2.24) is 14.9 Å². The molecule has 3 rings (SSSR count). The van der Waals surface area contributed by atoms with Crippen molar-refractivity contribution >= 4 is 5.91 Å². The van der Waals surface area contributed by atoms with Gasteiger partial charge >= 0.3 is 6.01 Å². The van der Waals surface area contributed by atoms with Gasteiger partial charge in [-0.2, -0.15) is 0 Å². The standard InChI is InChI=1S/C18H21N3O4/c1-23-15-7-6-13(11-16(15)24-2)17(22)21-10-3-5-14(12-21)25-18-19-8-4-9-20-18/h4,6-9,11,14H,3,5,10,12H2,1-2H3. The highest BCUT2D eigenvalue weighted by Gasteiger charge is 2.26. The van der Waals surface area contributed by atoms with Gasteiger partial charge in [-0.25, -0.2) is 9.97 Å². The van der Waals surface area contributed by atoms with E-state index in [1.807, 2.05) is 0 Å². The number of benzene rings is 1. The van der Waals surface area contributed by atoms with Gasteiger partial charge in [0.1, 0.15) is 6.10 Å². The normalized spacial score (nSPS) is 17.0. The lowest BCUT2D eigenvalue weighted by atomic mass is 10.1. The van der Waals surface area contributed by atoms with E-state index in [1.165, 1.54) is 0 Å². The van der Waals surface area contributed by atoms with Crippen LogP contribution < -0.4 is 14.2 Å². The van der Waals surface area contributed by atoms with E-state index in [1.54, 1.807) is 55.8 Å². The lowest BCUT2D eigenvalue weighted by Crippen LogP contribution is -2.44. The Morgan fingerprint density at radius 1 is 1.16 bits per heavy atom. The van der Waals surface area contributed by atoms with E-state index in [0.717, 1.165) is 12.8 Å². The SMILES string of the molecule is COc1ccc(C(=O)N2CCCC(Oc3ncccn3)C2)cc1OC. The van der Waals surface area contributed by atoms with Crippen LogP contribution in [0.15, 0.2) is 36.7 Å². The number of ether oxygens (including phenoxy) is 3. The number of aromatic nitrogens is 2. The van der Waals surface area contributed by atoms with Crippen molar-refractivity contribution in [3.8, 4) is 17.5 Å². The summed E-state index contributed by atoms with van der Waals surface area (Å²) in [5.74, 6) is 1.08. The van der Waals surface area contributed by atoms with E-state index in [4.69, 9.17) is 14.2 Å². The largest absolute Gasteiger partial charge is 0.493 e. The molecule has 0 radical (unpaired) electrons. The number of hydrogen-bond donors (Lipinski definition) is 0. The van der Waals surface area contributed by atoms with Crippen molar-refractivity contribution in [2.45, 2.75) is 18.9 Å². The lowest BCUT2D eigenvalue weighted by molar-refractivity contribution is 0.0515. The maximum Gasteiger partial charge on any atom is 0.316 e. The Hall–Kier alpha value is -2.83. The highest BCUT2D eigenvalue weighted by molar-refractivity contribution is 5.95. The zero-order valence-corrected chi connectivity index (χ0v) is 14.3. The van der Waals surface area contributed by atoms with Crippen LogP contribution in [0.3, 0.4) is 0 Å². The first-order valence-electron chi connectivity index (χ1n) is 8.16. The van der Waals surface area contributed by atoms with Gasteiger partial charge < -0.3 is 19.1 Å². The second-order valence-electron chi connectivity index (χ2n) is 5.73. The van der Waals surface area contributed by atoms with Crippen molar-refractivity contribution in [2.24, 2.45) is 0 Å². The molecule has 1 aromatic heterocycles. The topological polar surface area (TPSA) is 73.8 Å². The summed E-state index contributed by atoms with van der Waals surface area (Å²) in [5.41, 5.74) is 0.564. The zero-order valence-electron chi connectivity index (χ0n) is 14.3. The molecule has 1 aliphatic rings. The van der Waals surface area contributed by atoms with Crippen LogP contribution >= 0.6 is 0 Å². The second kappa shape index (κ2) is 7.83. The maximum atomic E-state index is 12.8. The van der Waals surface area contributed by atoms with Gasteiger partial charge in [-0.05, 0) is 37.1 Å². The molecular formula is C18H21N3O4. The molecule has 2 heterocycles. The minimum Gasteiger partial charge on any atom is -0.493 e. The van der Waals surface area contributed by atoms with Crippen LogP contribution in [0.4, 0.5) is 0 Å². The fraction of sp³-hybridized carbons (Fsp3) is 0.389. The van der Waals surface area contributed by atoms with Crippen LogP contribution in [0.5, 0.6) is 17.5 Å². The molecule has 1 aromatic carbocycles. The third kappa shape index (κ3) is 3.99. The minimum atomic E-state index is -0.111. The molecule has 7 heteroatoms. The summed E-state index contributed by atoms with van der Waals surface area (Å²) in [6, 6.07) is 7.26. The Labute approximate surface area is 146 Å². The number of likely N-dealkylation sites (tertiary alicyclic amines) is 1. The molecule has 0 aliphatic carbocycles. The molecule has 1 atom stereocenters. The zero-order chi connectivity index (χ0) is 17.6. The summed E-state index contributed by atoms with van der Waals surface area (Å²) in [6.45, 7) is 1.20. The molecule has 2 aromatic rings. The molecule has 0 spiro atoms. The van der Waals surface area contributed by atoms with Gasteiger partial charge in [-0.1, -0.05) is 0 Å². The average molecular weight is 343 g/mol. The number of amides is 1. The number of nitrogens with zero attached hydrogens (tertiary/aromatic N) is 3. The van der Waals surface area contributed by atoms with Crippen molar-refractivity contribution in [1.29, 1.82) is 0 Å². The first-order chi connectivity index (χ1) is 12.2. The van der Waals surface area contributed by atoms with Gasteiger partial charge in [0.25, 0.3) is 5.91 Å². The number of rotatable bonds is 5. The van der Waals surface area contributed by atoms with Gasteiger partial charge in [0.05, 0.1) is 20.8 Å². The third-order valence-corrected chi connectivity index (χ3v) is 4.11. The summed E-state index contributed by atoms with van der Waals surface area (Å²) in [6.07, 6.45) is 4.90. The first-order valence-corrected chi connectivity index (χ1v) is 8.16. The monoisotopic (exact) mass is 343 g/mol. The van der Waals surface area contributed by atoms with Crippen LogP contribution in [-0.2, 0) is 0 Å². The molecule has 1 unspecified atom stereocenters. The molecule has 1 saturated heterocycles. The smallest absolute Gasteiger partial charge is 0.316 e. The van der Waals surface area contributed by atoms with Crippen molar-refractivity contribution in [3.63, 3.8) is 0 Å². The maximum absolute atomic E-state index is 12.8. The van der Waals surface area contributed by atoms with E-state index in [0.29, 0.717) is 36.2 Å². The quantitative estimate of drug-likeness (QED) is 0.828. The first kappa shape index (κ1) is 17.0. The van der Waals surface area contributed by atoms with Crippen molar-refractivity contribution in [2.75, 3.05) is 27.3 Å². The van der Waals surface area contributed by atoms with Crippen LogP contribution in [-0.4, -0.2) is 54.2 Å². The summed E-state index contributed by atoms with van der Waals surface area (Å²) in [5, 5.41) is 0. The predicted octanol–water partition coefficient (Wildman–Crippen LogP) is 2.18. The number of carbonyl (C=O) groups is 1. The third-order valence-electron chi connectivity index (χ3n) is 4.11. The van der Waals surface area contributed by atoms with E-state index >= 15 is 0 Å². The van der Waals surface area contributed by atoms with Crippen molar-refractivity contribution < 1.29 is 19.0 Å². The molecule has 0 N–H and O–H groups in total. The van der Waals surface area contributed by atoms with E-state index < -0.39 is 0 Å². The van der Waals surface area contributed by atoms with Gasteiger partial charge in [0.15, 0.2) is 11.5 Å². The number of carbonyl (C=O) groups excluding carboxylic acids is 1. The van der Waals surface area contributed by atoms with Gasteiger partial charge in [-0.3, -0.25) is 4.79 Å². The molecule has 25 heavy (non-hydrogen) atoms.